The normalized spacial score (nSPS) is 11.8. The van der Waals surface area contributed by atoms with Crippen LogP contribution in [0.2, 0.25) is 3.43 Å². The van der Waals surface area contributed by atoms with E-state index in [9.17, 15) is 0 Å². The molecule has 0 saturated heterocycles. The number of hydrogen-bond acceptors (Lipinski definition) is 2. The summed E-state index contributed by atoms with van der Waals surface area (Å²) >= 11 is -0.664. The summed E-state index contributed by atoms with van der Waals surface area (Å²) in [5.41, 5.74) is 0. The molecule has 0 saturated carbocycles. The quantitative estimate of drug-likeness (QED) is 0.527. The maximum atomic E-state index is 4.41. The molecule has 0 spiro atoms. The predicted octanol–water partition coefficient (Wildman–Crippen LogP) is 4.54. The van der Waals surface area contributed by atoms with Crippen LogP contribution in [0.15, 0.2) is 18.3 Å². The first kappa shape index (κ1) is 17.9. The molecule has 20 heavy (non-hydrogen) atoms. The van der Waals surface area contributed by atoms with E-state index < -0.39 is 21.1 Å². The average molecular weight is 381 g/mol. The van der Waals surface area contributed by atoms with Gasteiger partial charge in [0.15, 0.2) is 0 Å². The van der Waals surface area contributed by atoms with Crippen molar-refractivity contribution in [2.75, 3.05) is 0 Å². The van der Waals surface area contributed by atoms with Crippen LogP contribution in [-0.2, 0) is 0 Å². The summed E-state index contributed by atoms with van der Waals surface area (Å²) in [6.45, 7) is 6.95. The first-order valence-electron chi connectivity index (χ1n) is 8.32. The Hall–Kier alpha value is -0.121. The minimum atomic E-state index is -0.664. The van der Waals surface area contributed by atoms with Gasteiger partial charge in [-0.1, -0.05) is 0 Å². The Bertz CT molecular complexity index is 318. The zero-order chi connectivity index (χ0) is 14.7. The number of rotatable bonds is 11. The Morgan fingerprint density at radius 2 is 1.50 bits per heavy atom. The molecular weight excluding hydrogens is 351 g/mol. The van der Waals surface area contributed by atoms with E-state index in [1.807, 2.05) is 0 Å². The second kappa shape index (κ2) is 10.6. The molecule has 0 N–H and O–H groups in total. The van der Waals surface area contributed by atoms with Gasteiger partial charge in [-0.05, 0) is 0 Å². The van der Waals surface area contributed by atoms with Gasteiger partial charge in [-0.25, -0.2) is 0 Å². The summed E-state index contributed by atoms with van der Waals surface area (Å²) in [5, 5.41) is 8.52. The van der Waals surface area contributed by atoms with Crippen molar-refractivity contribution in [3.8, 4) is 0 Å². The fourth-order valence-corrected chi connectivity index (χ4v) is 7.70. The van der Waals surface area contributed by atoms with Gasteiger partial charge in [0.2, 0.25) is 0 Å². The average Bonchev–Trinajstić information content (AvgIpc) is 2.49. The first-order chi connectivity index (χ1) is 9.76. The van der Waals surface area contributed by atoms with Crippen LogP contribution < -0.4 is 3.71 Å². The number of nitrogens with zero attached hydrogens (tertiary/aromatic N) is 2. The van der Waals surface area contributed by atoms with E-state index in [0.717, 1.165) is 0 Å². The summed E-state index contributed by atoms with van der Waals surface area (Å²) in [5.74, 6) is 0. The topological polar surface area (TPSA) is 25.8 Å². The molecular formula is C17H30N2Sn. The molecule has 0 unspecified atom stereocenters. The first-order valence-corrected chi connectivity index (χ1v) is 11.2. The fraction of sp³-hybridized carbons (Fsp3) is 0.765. The van der Waals surface area contributed by atoms with Crippen LogP contribution in [0.1, 0.15) is 78.6 Å². The van der Waals surface area contributed by atoms with Crippen LogP contribution in [0.25, 0.3) is 0 Å². The van der Waals surface area contributed by atoms with E-state index in [1.165, 1.54) is 61.5 Å². The Morgan fingerprint density at radius 1 is 0.950 bits per heavy atom. The molecule has 112 valence electrons. The molecule has 1 rings (SSSR count). The Kier molecular flexibility index (Phi) is 9.49. The molecule has 0 aromatic carbocycles. The summed E-state index contributed by atoms with van der Waals surface area (Å²) in [7, 11) is 0. The summed E-state index contributed by atoms with van der Waals surface area (Å²) in [6, 6.07) is 4.28. The monoisotopic (exact) mass is 382 g/mol. The van der Waals surface area contributed by atoms with Crippen molar-refractivity contribution in [2.24, 2.45) is 0 Å². The van der Waals surface area contributed by atoms with Gasteiger partial charge in [0.25, 0.3) is 0 Å². The van der Waals surface area contributed by atoms with Crippen molar-refractivity contribution >= 4 is 24.9 Å². The molecule has 0 aliphatic carbocycles. The number of aromatic nitrogens is 2. The number of unbranched alkanes of at least 4 members (excludes halogenated alkanes) is 3. The SMILES string of the molecule is CCCC[C](CCCC)(CCCC)[Sn][c]1cccnn1. The summed E-state index contributed by atoms with van der Waals surface area (Å²) < 4.78 is 1.97. The molecule has 0 amide bonds. The number of hydrogen-bond donors (Lipinski definition) is 0. The second-order valence-electron chi connectivity index (χ2n) is 5.82. The molecule has 0 aliphatic rings. The fourth-order valence-electron chi connectivity index (χ4n) is 2.75. The van der Waals surface area contributed by atoms with Crippen LogP contribution in [0.3, 0.4) is 0 Å². The van der Waals surface area contributed by atoms with Gasteiger partial charge in [0.05, 0.1) is 0 Å². The van der Waals surface area contributed by atoms with Crippen LogP contribution >= 0.6 is 0 Å². The molecule has 1 aromatic rings. The molecule has 0 atom stereocenters. The van der Waals surface area contributed by atoms with Crippen LogP contribution in [0.4, 0.5) is 0 Å². The van der Waals surface area contributed by atoms with E-state index in [4.69, 9.17) is 0 Å². The zero-order valence-corrected chi connectivity index (χ0v) is 16.3. The maximum absolute atomic E-state index is 4.41. The molecule has 0 fully saturated rings. The van der Waals surface area contributed by atoms with Crippen LogP contribution in [0, 0.1) is 0 Å². The van der Waals surface area contributed by atoms with Gasteiger partial charge < -0.3 is 0 Å². The standard InChI is InChI=1S/C13H27.C4H3N2.Sn/c1-4-7-10-13(11-8-5-2)12-9-6-3;1-2-4-6-5-3-1;/h4-12H2,1-3H3;1-3H;. The van der Waals surface area contributed by atoms with E-state index in [2.05, 4.69) is 43.1 Å². The van der Waals surface area contributed by atoms with E-state index >= 15 is 0 Å². The van der Waals surface area contributed by atoms with Crippen molar-refractivity contribution < 1.29 is 0 Å². The van der Waals surface area contributed by atoms with Crippen molar-refractivity contribution in [3.63, 3.8) is 0 Å². The Balaban J connectivity index is 2.81. The van der Waals surface area contributed by atoms with Gasteiger partial charge in [0, 0.05) is 0 Å². The molecule has 0 aliphatic heterocycles. The van der Waals surface area contributed by atoms with Crippen LogP contribution in [0.5, 0.6) is 0 Å². The molecule has 2 radical (unpaired) electrons. The van der Waals surface area contributed by atoms with Gasteiger partial charge in [-0.3, -0.25) is 0 Å². The molecule has 1 heterocycles. The summed E-state index contributed by atoms with van der Waals surface area (Å²) in [4.78, 5) is 0. The summed E-state index contributed by atoms with van der Waals surface area (Å²) in [6.07, 6.45) is 14.2. The molecule has 1 aromatic heterocycles. The molecule has 3 heteroatoms. The third-order valence-corrected chi connectivity index (χ3v) is 9.14. The third-order valence-electron chi connectivity index (χ3n) is 3.99. The zero-order valence-electron chi connectivity index (χ0n) is 13.5. The van der Waals surface area contributed by atoms with Crippen molar-refractivity contribution in [1.82, 2.24) is 10.2 Å². The van der Waals surface area contributed by atoms with Gasteiger partial charge in [0.1, 0.15) is 0 Å². The van der Waals surface area contributed by atoms with E-state index in [1.54, 1.807) is 6.20 Å². The second-order valence-corrected chi connectivity index (χ2v) is 11.0. The Morgan fingerprint density at radius 3 is 1.90 bits per heavy atom. The van der Waals surface area contributed by atoms with E-state index in [-0.39, 0.29) is 0 Å². The predicted molar refractivity (Wildman–Crippen MR) is 88.7 cm³/mol. The van der Waals surface area contributed by atoms with Gasteiger partial charge >= 0.3 is 135 Å². The van der Waals surface area contributed by atoms with Crippen molar-refractivity contribution in [3.05, 3.63) is 18.3 Å². The van der Waals surface area contributed by atoms with Crippen molar-refractivity contribution in [2.45, 2.75) is 82.0 Å². The van der Waals surface area contributed by atoms with Gasteiger partial charge in [-0.2, -0.15) is 0 Å². The Labute approximate surface area is 135 Å². The van der Waals surface area contributed by atoms with Gasteiger partial charge in [-0.15, -0.1) is 0 Å². The third kappa shape index (κ3) is 6.55. The minimum absolute atomic E-state index is 0.626. The van der Waals surface area contributed by atoms with Crippen LogP contribution in [-0.4, -0.2) is 31.3 Å². The molecule has 2 nitrogen and oxygen atoms in total. The van der Waals surface area contributed by atoms with Crippen molar-refractivity contribution in [1.29, 1.82) is 0 Å². The molecule has 0 bridgehead atoms. The van der Waals surface area contributed by atoms with E-state index in [0.29, 0.717) is 3.43 Å².